The summed E-state index contributed by atoms with van der Waals surface area (Å²) in [6.07, 6.45) is -13.3. The van der Waals surface area contributed by atoms with Crippen molar-refractivity contribution >= 4 is 17.5 Å². The lowest BCUT2D eigenvalue weighted by Crippen LogP contribution is -2.66. The molecule has 1 heterocycles. The van der Waals surface area contributed by atoms with Crippen LogP contribution in [0.4, 0.5) is 13.2 Å². The van der Waals surface area contributed by atoms with Gasteiger partial charge in [-0.3, -0.25) is 4.79 Å². The summed E-state index contributed by atoms with van der Waals surface area (Å²) in [5, 5.41) is 33.2. The summed E-state index contributed by atoms with van der Waals surface area (Å²) in [6, 6.07) is -1.54. The first-order valence-corrected chi connectivity index (χ1v) is 7.16. The first-order valence-electron chi connectivity index (χ1n) is 6.73. The standard InChI is InChI=1S/C11H16ClF3N4O5/c1-3(12)5(18-10(23)11(13,14)15)9-8(22)7(21)6(20)4(24-9)2-17-19-16/h3-9,20-22H,2H2,1H3,(H,18,23)/t3-,4?,5+,6-,7?,8?,9+/m0/s1. The Morgan fingerprint density at radius 1 is 1.38 bits per heavy atom. The summed E-state index contributed by atoms with van der Waals surface area (Å²) in [5.74, 6) is -2.30. The maximum atomic E-state index is 12.4. The Morgan fingerprint density at radius 2 is 1.96 bits per heavy atom. The van der Waals surface area contributed by atoms with Crippen LogP contribution in [0.5, 0.6) is 0 Å². The van der Waals surface area contributed by atoms with Crippen LogP contribution in [0.3, 0.4) is 0 Å². The molecule has 1 rings (SSSR count). The normalized spacial score (nSPS) is 33.2. The highest BCUT2D eigenvalue weighted by Gasteiger charge is 2.49. The van der Waals surface area contributed by atoms with E-state index >= 15 is 0 Å². The number of carbonyl (C=O) groups excluding carboxylic acids is 1. The summed E-state index contributed by atoms with van der Waals surface area (Å²) < 4.78 is 42.5. The molecule has 0 bridgehead atoms. The SMILES string of the molecule is C[C@H](Cl)[C@@H](NC(=O)C(F)(F)F)[C@H]1OC(CN=[N+]=[N-])[C@H](O)C(O)C1O. The van der Waals surface area contributed by atoms with Gasteiger partial charge in [0.25, 0.3) is 0 Å². The van der Waals surface area contributed by atoms with E-state index in [0.29, 0.717) is 0 Å². The fourth-order valence-corrected chi connectivity index (χ4v) is 2.44. The zero-order valence-corrected chi connectivity index (χ0v) is 13.0. The number of amides is 1. The highest BCUT2D eigenvalue weighted by Crippen LogP contribution is 2.27. The van der Waals surface area contributed by atoms with Crippen molar-refractivity contribution in [3.8, 4) is 0 Å². The van der Waals surface area contributed by atoms with Crippen molar-refractivity contribution in [3.05, 3.63) is 10.4 Å². The van der Waals surface area contributed by atoms with Gasteiger partial charge >= 0.3 is 12.1 Å². The number of hydrogen-bond acceptors (Lipinski definition) is 6. The number of carbonyl (C=O) groups is 1. The molecule has 9 nitrogen and oxygen atoms in total. The highest BCUT2D eigenvalue weighted by atomic mass is 35.5. The number of nitrogens with zero attached hydrogens (tertiary/aromatic N) is 3. The van der Waals surface area contributed by atoms with Crippen LogP contribution in [0.2, 0.25) is 0 Å². The topological polar surface area (TPSA) is 148 Å². The first-order chi connectivity index (χ1) is 11.0. The van der Waals surface area contributed by atoms with Crippen molar-refractivity contribution in [2.45, 2.75) is 55.0 Å². The molecule has 3 unspecified atom stereocenters. The molecular formula is C11H16ClF3N4O5. The molecule has 1 saturated heterocycles. The number of rotatable bonds is 5. The molecule has 0 spiro atoms. The fourth-order valence-electron chi connectivity index (χ4n) is 2.24. The molecule has 0 aromatic heterocycles. The van der Waals surface area contributed by atoms with Crippen LogP contribution in [0, 0.1) is 0 Å². The van der Waals surface area contributed by atoms with Gasteiger partial charge in [-0.05, 0) is 12.5 Å². The van der Waals surface area contributed by atoms with E-state index in [9.17, 15) is 33.3 Å². The van der Waals surface area contributed by atoms with Crippen LogP contribution in [0.1, 0.15) is 6.92 Å². The van der Waals surface area contributed by atoms with Gasteiger partial charge < -0.3 is 25.4 Å². The van der Waals surface area contributed by atoms with Gasteiger partial charge in [-0.2, -0.15) is 13.2 Å². The number of aliphatic hydroxyl groups excluding tert-OH is 3. The summed E-state index contributed by atoms with van der Waals surface area (Å²) >= 11 is 5.77. The van der Waals surface area contributed by atoms with Crippen molar-refractivity contribution in [1.29, 1.82) is 0 Å². The molecule has 24 heavy (non-hydrogen) atoms. The zero-order valence-electron chi connectivity index (χ0n) is 12.3. The second-order valence-corrected chi connectivity index (χ2v) is 5.89. The molecule has 4 N–H and O–H groups in total. The summed E-state index contributed by atoms with van der Waals surface area (Å²) in [6.45, 7) is 0.799. The van der Waals surface area contributed by atoms with Crippen molar-refractivity contribution in [3.63, 3.8) is 0 Å². The molecule has 0 aromatic rings. The summed E-state index contributed by atoms with van der Waals surface area (Å²) in [5.41, 5.74) is 8.28. The van der Waals surface area contributed by atoms with E-state index < -0.39 is 60.6 Å². The second-order valence-electron chi connectivity index (χ2n) is 5.20. The lowest BCUT2D eigenvalue weighted by Gasteiger charge is -2.44. The molecule has 0 radical (unpaired) electrons. The van der Waals surface area contributed by atoms with Crippen LogP contribution < -0.4 is 5.32 Å². The van der Waals surface area contributed by atoms with Gasteiger partial charge in [0.1, 0.15) is 24.4 Å². The van der Waals surface area contributed by atoms with E-state index in [-0.39, 0.29) is 0 Å². The van der Waals surface area contributed by atoms with Crippen LogP contribution in [-0.2, 0) is 9.53 Å². The second kappa shape index (κ2) is 8.19. The maximum absolute atomic E-state index is 12.4. The van der Waals surface area contributed by atoms with Crippen molar-refractivity contribution in [1.82, 2.24) is 5.32 Å². The Morgan fingerprint density at radius 3 is 2.42 bits per heavy atom. The number of nitrogens with one attached hydrogen (secondary N) is 1. The fraction of sp³-hybridized carbons (Fsp3) is 0.909. The number of halogens is 4. The largest absolute Gasteiger partial charge is 0.471 e. The number of hydrogen-bond donors (Lipinski definition) is 4. The highest BCUT2D eigenvalue weighted by molar-refractivity contribution is 6.21. The minimum absolute atomic E-state index is 0.450. The van der Waals surface area contributed by atoms with E-state index in [2.05, 4.69) is 10.0 Å². The van der Waals surface area contributed by atoms with Gasteiger partial charge in [-0.1, -0.05) is 5.11 Å². The van der Waals surface area contributed by atoms with E-state index in [4.69, 9.17) is 21.9 Å². The van der Waals surface area contributed by atoms with Crippen LogP contribution in [-0.4, -0.2) is 75.9 Å². The van der Waals surface area contributed by atoms with E-state index in [1.807, 2.05) is 0 Å². The average Bonchev–Trinajstić information content (AvgIpc) is 2.48. The smallest absolute Gasteiger partial charge is 0.388 e. The van der Waals surface area contributed by atoms with Crippen LogP contribution >= 0.6 is 11.6 Å². The van der Waals surface area contributed by atoms with E-state index in [0.717, 1.165) is 0 Å². The third-order valence-corrected chi connectivity index (χ3v) is 3.75. The molecular weight excluding hydrogens is 361 g/mol. The quantitative estimate of drug-likeness (QED) is 0.227. The van der Waals surface area contributed by atoms with Gasteiger partial charge in [0.15, 0.2) is 0 Å². The monoisotopic (exact) mass is 376 g/mol. The van der Waals surface area contributed by atoms with Gasteiger partial charge in [0, 0.05) is 4.91 Å². The molecule has 0 aliphatic carbocycles. The Kier molecular flexibility index (Phi) is 7.08. The molecule has 138 valence electrons. The van der Waals surface area contributed by atoms with Gasteiger partial charge in [0.2, 0.25) is 0 Å². The maximum Gasteiger partial charge on any atom is 0.471 e. The van der Waals surface area contributed by atoms with E-state index in [1.165, 1.54) is 6.92 Å². The molecule has 1 fully saturated rings. The van der Waals surface area contributed by atoms with Crippen molar-refractivity contribution in [2.75, 3.05) is 6.54 Å². The van der Waals surface area contributed by atoms with Crippen LogP contribution in [0.15, 0.2) is 5.11 Å². The Balaban J connectivity index is 3.02. The third-order valence-electron chi connectivity index (χ3n) is 3.48. The number of alkyl halides is 4. The molecule has 0 saturated carbocycles. The van der Waals surface area contributed by atoms with Gasteiger partial charge in [-0.25, -0.2) is 0 Å². The molecule has 13 heteroatoms. The zero-order chi connectivity index (χ0) is 18.7. The lowest BCUT2D eigenvalue weighted by molar-refractivity contribution is -0.227. The molecule has 1 aliphatic heterocycles. The summed E-state index contributed by atoms with van der Waals surface area (Å²) in [4.78, 5) is 13.6. The van der Waals surface area contributed by atoms with Crippen molar-refractivity contribution in [2.24, 2.45) is 5.11 Å². The Bertz CT molecular complexity index is 503. The van der Waals surface area contributed by atoms with Crippen LogP contribution in [0.25, 0.3) is 10.4 Å². The van der Waals surface area contributed by atoms with Crippen molar-refractivity contribution < 1.29 is 38.0 Å². The molecule has 7 atom stereocenters. The van der Waals surface area contributed by atoms with Gasteiger partial charge in [-0.15, -0.1) is 11.6 Å². The third kappa shape index (κ3) is 4.85. The number of ether oxygens (including phenoxy) is 1. The lowest BCUT2D eigenvalue weighted by atomic mass is 9.90. The first kappa shape index (κ1) is 20.7. The Hall–Kier alpha value is -1.30. The molecule has 1 aliphatic rings. The minimum Gasteiger partial charge on any atom is -0.388 e. The molecule has 1 amide bonds. The predicted octanol–water partition coefficient (Wildman–Crippen LogP) is -0.179. The summed E-state index contributed by atoms with van der Waals surface area (Å²) in [7, 11) is 0. The Labute approximate surface area is 139 Å². The van der Waals surface area contributed by atoms with Gasteiger partial charge in [0.05, 0.1) is 24.1 Å². The average molecular weight is 377 g/mol. The predicted molar refractivity (Wildman–Crippen MR) is 74.0 cm³/mol. The minimum atomic E-state index is -5.19. The molecule has 0 aromatic carbocycles. The number of azide groups is 1. The van der Waals surface area contributed by atoms with E-state index in [1.54, 1.807) is 5.32 Å². The number of aliphatic hydroxyl groups is 3.